The molecule has 0 aliphatic heterocycles. The number of para-hydroxylation sites is 1. The average Bonchev–Trinajstić information content (AvgIpc) is 2.70. The van der Waals surface area contributed by atoms with Crippen LogP contribution in [0.3, 0.4) is 0 Å². The number of aromatic nitrogens is 1. The smallest absolute Gasteiger partial charge is 0.312 e. The van der Waals surface area contributed by atoms with E-state index in [0.717, 1.165) is 11.8 Å². The molecular weight excluding hydrogens is 206 g/mol. The van der Waals surface area contributed by atoms with Crippen molar-refractivity contribution in [3.63, 3.8) is 0 Å². The molecule has 0 aliphatic carbocycles. The number of nitrogens with zero attached hydrogens (tertiary/aromatic N) is 1. The van der Waals surface area contributed by atoms with E-state index in [1.807, 2.05) is 31.2 Å². The van der Waals surface area contributed by atoms with Crippen LogP contribution < -0.4 is 0 Å². The van der Waals surface area contributed by atoms with Crippen LogP contribution in [0, 0.1) is 0 Å². The molecule has 0 spiro atoms. The Hall–Kier alpha value is -1.84. The van der Waals surface area contributed by atoms with E-state index in [-0.39, 0.29) is 12.4 Å². The monoisotopic (exact) mass is 219 g/mol. The lowest BCUT2D eigenvalue weighted by atomic mass is 10.2. The zero-order chi connectivity index (χ0) is 11.4. The molecule has 0 radical (unpaired) electrons. The summed E-state index contributed by atoms with van der Waals surface area (Å²) in [4.78, 5) is 11.4. The second kappa shape index (κ2) is 4.79. The Balaban J connectivity index is 2.12. The van der Waals surface area contributed by atoms with Gasteiger partial charge in [-0.2, -0.15) is 0 Å². The fraction of sp³-hybridized carbons (Fsp3) is 0.333. The number of rotatable bonds is 4. The van der Waals surface area contributed by atoms with Gasteiger partial charge in [0.05, 0.1) is 13.0 Å². The minimum Gasteiger partial charge on any atom is -0.465 e. The van der Waals surface area contributed by atoms with E-state index in [9.17, 15) is 4.79 Å². The summed E-state index contributed by atoms with van der Waals surface area (Å²) in [5, 5.41) is 4.74. The van der Waals surface area contributed by atoms with Crippen molar-refractivity contribution in [1.29, 1.82) is 0 Å². The van der Waals surface area contributed by atoms with Gasteiger partial charge in [0, 0.05) is 5.39 Å². The number of hydrogen-bond donors (Lipinski definition) is 0. The van der Waals surface area contributed by atoms with E-state index in [0.29, 0.717) is 17.9 Å². The van der Waals surface area contributed by atoms with E-state index in [1.165, 1.54) is 0 Å². The molecule has 1 aromatic carbocycles. The SMILES string of the molecule is CCCOC(=O)Cc1noc2ccccc12. The first-order valence-corrected chi connectivity index (χ1v) is 5.30. The molecule has 2 rings (SSSR count). The number of hydrogen-bond acceptors (Lipinski definition) is 4. The van der Waals surface area contributed by atoms with Crippen molar-refractivity contribution in [2.75, 3.05) is 6.61 Å². The highest BCUT2D eigenvalue weighted by Gasteiger charge is 2.12. The zero-order valence-corrected chi connectivity index (χ0v) is 9.10. The summed E-state index contributed by atoms with van der Waals surface area (Å²) in [5.41, 5.74) is 1.33. The molecule has 4 nitrogen and oxygen atoms in total. The standard InChI is InChI=1S/C12H13NO3/c1-2-7-15-12(14)8-10-9-5-3-4-6-11(9)16-13-10/h3-6H,2,7-8H2,1H3. The lowest BCUT2D eigenvalue weighted by molar-refractivity contribution is -0.142. The summed E-state index contributed by atoms with van der Waals surface area (Å²) in [6.07, 6.45) is 0.988. The molecule has 0 aliphatic rings. The fourth-order valence-electron chi connectivity index (χ4n) is 1.47. The zero-order valence-electron chi connectivity index (χ0n) is 9.10. The Labute approximate surface area is 93.2 Å². The van der Waals surface area contributed by atoms with Crippen molar-refractivity contribution in [3.8, 4) is 0 Å². The quantitative estimate of drug-likeness (QED) is 0.740. The highest BCUT2D eigenvalue weighted by Crippen LogP contribution is 2.18. The van der Waals surface area contributed by atoms with Crippen LogP contribution in [0.15, 0.2) is 28.8 Å². The van der Waals surface area contributed by atoms with Gasteiger partial charge in [0.25, 0.3) is 0 Å². The minimum absolute atomic E-state index is 0.164. The third-order valence-electron chi connectivity index (χ3n) is 2.23. The van der Waals surface area contributed by atoms with Crippen molar-refractivity contribution < 1.29 is 14.1 Å². The number of benzene rings is 1. The van der Waals surface area contributed by atoms with Gasteiger partial charge in [-0.15, -0.1) is 0 Å². The average molecular weight is 219 g/mol. The number of ether oxygens (including phenoxy) is 1. The summed E-state index contributed by atoms with van der Waals surface area (Å²) < 4.78 is 10.1. The molecule has 0 saturated carbocycles. The van der Waals surface area contributed by atoms with Crippen LogP contribution in [0.4, 0.5) is 0 Å². The summed E-state index contributed by atoms with van der Waals surface area (Å²) in [6.45, 7) is 2.41. The maximum Gasteiger partial charge on any atom is 0.312 e. The third-order valence-corrected chi connectivity index (χ3v) is 2.23. The molecule has 16 heavy (non-hydrogen) atoms. The largest absolute Gasteiger partial charge is 0.465 e. The maximum absolute atomic E-state index is 11.4. The summed E-state index contributed by atoms with van der Waals surface area (Å²) in [5.74, 6) is -0.263. The lowest BCUT2D eigenvalue weighted by Crippen LogP contribution is -2.08. The molecule has 0 saturated heterocycles. The van der Waals surface area contributed by atoms with Gasteiger partial charge < -0.3 is 9.26 Å². The molecule has 4 heteroatoms. The van der Waals surface area contributed by atoms with Gasteiger partial charge in [0.15, 0.2) is 5.58 Å². The first kappa shape index (κ1) is 10.7. The molecule has 0 N–H and O–H groups in total. The van der Waals surface area contributed by atoms with Crippen LogP contribution in [-0.2, 0) is 16.0 Å². The fourth-order valence-corrected chi connectivity index (χ4v) is 1.47. The molecule has 84 valence electrons. The highest BCUT2D eigenvalue weighted by molar-refractivity contribution is 5.84. The predicted molar refractivity (Wildman–Crippen MR) is 59.0 cm³/mol. The molecule has 0 atom stereocenters. The summed E-state index contributed by atoms with van der Waals surface area (Å²) >= 11 is 0. The summed E-state index contributed by atoms with van der Waals surface area (Å²) in [6, 6.07) is 7.46. The highest BCUT2D eigenvalue weighted by atomic mass is 16.5. The number of carbonyl (C=O) groups excluding carboxylic acids is 1. The van der Waals surface area contributed by atoms with Crippen LogP contribution in [0.5, 0.6) is 0 Å². The van der Waals surface area contributed by atoms with E-state index < -0.39 is 0 Å². The topological polar surface area (TPSA) is 52.3 Å². The van der Waals surface area contributed by atoms with Crippen molar-refractivity contribution in [3.05, 3.63) is 30.0 Å². The Morgan fingerprint density at radius 1 is 1.44 bits per heavy atom. The van der Waals surface area contributed by atoms with Gasteiger partial charge in [-0.05, 0) is 18.6 Å². The molecule has 0 fully saturated rings. The number of esters is 1. The summed E-state index contributed by atoms with van der Waals surface area (Å²) in [7, 11) is 0. The van der Waals surface area contributed by atoms with Crippen LogP contribution >= 0.6 is 0 Å². The van der Waals surface area contributed by atoms with E-state index in [4.69, 9.17) is 9.26 Å². The molecule has 0 bridgehead atoms. The Morgan fingerprint density at radius 3 is 3.06 bits per heavy atom. The molecule has 0 amide bonds. The first-order chi connectivity index (χ1) is 7.81. The molecule has 1 heterocycles. The van der Waals surface area contributed by atoms with Crippen LogP contribution in [0.2, 0.25) is 0 Å². The Bertz CT molecular complexity index is 490. The van der Waals surface area contributed by atoms with Crippen LogP contribution in [-0.4, -0.2) is 17.7 Å². The number of carbonyl (C=O) groups is 1. The molecular formula is C12H13NO3. The van der Waals surface area contributed by atoms with Crippen LogP contribution in [0.1, 0.15) is 19.0 Å². The van der Waals surface area contributed by atoms with Gasteiger partial charge in [-0.1, -0.05) is 24.2 Å². The second-order valence-corrected chi connectivity index (χ2v) is 3.52. The van der Waals surface area contributed by atoms with Gasteiger partial charge in [0.1, 0.15) is 5.69 Å². The lowest BCUT2D eigenvalue weighted by Gasteiger charge is -2.00. The number of fused-ring (bicyclic) bond motifs is 1. The van der Waals surface area contributed by atoms with Gasteiger partial charge >= 0.3 is 5.97 Å². The molecule has 0 unspecified atom stereocenters. The molecule has 2 aromatic rings. The van der Waals surface area contributed by atoms with Crippen molar-refractivity contribution in [2.24, 2.45) is 0 Å². The van der Waals surface area contributed by atoms with Crippen molar-refractivity contribution in [1.82, 2.24) is 5.16 Å². The third kappa shape index (κ3) is 2.21. The maximum atomic E-state index is 11.4. The predicted octanol–water partition coefficient (Wildman–Crippen LogP) is 2.32. The van der Waals surface area contributed by atoms with E-state index in [2.05, 4.69) is 5.16 Å². The minimum atomic E-state index is -0.263. The van der Waals surface area contributed by atoms with Gasteiger partial charge in [0.2, 0.25) is 0 Å². The van der Waals surface area contributed by atoms with Crippen molar-refractivity contribution >= 4 is 16.9 Å². The molecule has 1 aromatic heterocycles. The van der Waals surface area contributed by atoms with Crippen LogP contribution in [0.25, 0.3) is 11.0 Å². The Kier molecular flexibility index (Phi) is 3.19. The van der Waals surface area contributed by atoms with E-state index >= 15 is 0 Å². The Morgan fingerprint density at radius 2 is 2.25 bits per heavy atom. The van der Waals surface area contributed by atoms with Crippen molar-refractivity contribution in [2.45, 2.75) is 19.8 Å². The van der Waals surface area contributed by atoms with Gasteiger partial charge in [-0.3, -0.25) is 4.79 Å². The second-order valence-electron chi connectivity index (χ2n) is 3.52. The van der Waals surface area contributed by atoms with Gasteiger partial charge in [-0.25, -0.2) is 0 Å². The van der Waals surface area contributed by atoms with E-state index in [1.54, 1.807) is 0 Å². The normalized spacial score (nSPS) is 10.6. The first-order valence-electron chi connectivity index (χ1n) is 5.30.